The van der Waals surface area contributed by atoms with E-state index in [2.05, 4.69) is 0 Å². The molecule has 0 N–H and O–H groups in total. The number of fused-ring (bicyclic) bond motifs is 1. The highest BCUT2D eigenvalue weighted by Crippen LogP contribution is 2.48. The lowest BCUT2D eigenvalue weighted by atomic mass is 10.0. The van der Waals surface area contributed by atoms with Gasteiger partial charge in [0.2, 0.25) is 0 Å². The van der Waals surface area contributed by atoms with Crippen molar-refractivity contribution < 1.29 is 40.3 Å². The third-order valence-corrected chi connectivity index (χ3v) is 4.02. The molecule has 0 unspecified atom stereocenters. The van der Waals surface area contributed by atoms with Gasteiger partial charge in [-0.3, -0.25) is 14.5 Å². The van der Waals surface area contributed by atoms with Crippen LogP contribution in [0.15, 0.2) is 33.9 Å². The number of halogens is 8. The number of carbonyl (C=O) groups excluding carboxylic acids is 2. The first-order valence-corrected chi connectivity index (χ1v) is 7.52. The zero-order valence-electron chi connectivity index (χ0n) is 11.9. The van der Waals surface area contributed by atoms with E-state index in [1.165, 1.54) is 24.3 Å². The molecule has 0 atom stereocenters. The molecule has 25 heavy (non-hydrogen) atoms. The molecule has 0 aliphatic carbocycles. The fourth-order valence-electron chi connectivity index (χ4n) is 2.12. The van der Waals surface area contributed by atoms with E-state index in [-0.39, 0.29) is 11.1 Å². The normalized spacial score (nSPS) is 16.5. The van der Waals surface area contributed by atoms with Crippen molar-refractivity contribution in [2.24, 2.45) is 0 Å². The molecular formula is C14H7F7INO2. The second-order valence-corrected chi connectivity index (χ2v) is 6.43. The number of imide groups is 1. The molecule has 0 bridgehead atoms. The Morgan fingerprint density at radius 1 is 0.920 bits per heavy atom. The molecule has 0 aromatic heterocycles. The molecule has 136 valence electrons. The Labute approximate surface area is 149 Å². The summed E-state index contributed by atoms with van der Waals surface area (Å²) in [6.45, 7) is -0.912. The van der Waals surface area contributed by atoms with Crippen LogP contribution < -0.4 is 0 Å². The van der Waals surface area contributed by atoms with Gasteiger partial charge in [-0.2, -0.15) is 26.3 Å². The van der Waals surface area contributed by atoms with Gasteiger partial charge in [-0.15, -0.1) is 0 Å². The van der Waals surface area contributed by atoms with Crippen LogP contribution in [0, 0.1) is 0 Å². The number of nitrogens with zero attached hydrogens (tertiary/aromatic N) is 1. The van der Waals surface area contributed by atoms with Crippen molar-refractivity contribution >= 4 is 34.4 Å². The zero-order valence-corrected chi connectivity index (χ0v) is 14.0. The Kier molecular flexibility index (Phi) is 4.92. The van der Waals surface area contributed by atoms with Gasteiger partial charge in [-0.25, -0.2) is 4.39 Å². The maximum absolute atomic E-state index is 13.7. The highest BCUT2D eigenvalue weighted by Gasteiger charge is 2.71. The van der Waals surface area contributed by atoms with Gasteiger partial charge in [0, 0.05) is 3.58 Å². The molecule has 3 nitrogen and oxygen atoms in total. The summed E-state index contributed by atoms with van der Waals surface area (Å²) >= 11 is 1.03. The molecule has 11 heteroatoms. The van der Waals surface area contributed by atoms with Crippen molar-refractivity contribution in [3.05, 3.63) is 45.0 Å². The molecule has 0 saturated heterocycles. The molecule has 0 fully saturated rings. The summed E-state index contributed by atoms with van der Waals surface area (Å²) in [6, 6.07) is 5.45. The van der Waals surface area contributed by atoms with E-state index < -0.39 is 46.0 Å². The number of hydrogen-bond acceptors (Lipinski definition) is 2. The van der Waals surface area contributed by atoms with Gasteiger partial charge in [0.25, 0.3) is 11.8 Å². The van der Waals surface area contributed by atoms with Crippen molar-refractivity contribution in [2.45, 2.75) is 18.0 Å². The summed E-state index contributed by atoms with van der Waals surface area (Å²) < 4.78 is 88.2. The minimum Gasteiger partial charge on any atom is -0.269 e. The molecule has 1 aliphatic heterocycles. The predicted molar refractivity (Wildman–Crippen MR) is 79.9 cm³/mol. The van der Waals surface area contributed by atoms with Crippen LogP contribution in [-0.2, 0) is 0 Å². The number of benzene rings is 1. The third kappa shape index (κ3) is 3.37. The quantitative estimate of drug-likeness (QED) is 0.364. The van der Waals surface area contributed by atoms with E-state index in [1.807, 2.05) is 0 Å². The first-order chi connectivity index (χ1) is 11.3. The zero-order chi connectivity index (χ0) is 19.2. The summed E-state index contributed by atoms with van der Waals surface area (Å²) in [5.41, 5.74) is -5.65. The number of alkyl halides is 7. The Morgan fingerprint density at radius 2 is 1.32 bits per heavy atom. The highest BCUT2D eigenvalue weighted by molar-refractivity contribution is 14.1. The molecule has 0 spiro atoms. The average molecular weight is 481 g/mol. The van der Waals surface area contributed by atoms with Crippen LogP contribution >= 0.6 is 22.6 Å². The lowest BCUT2D eigenvalue weighted by Gasteiger charge is -2.27. The molecule has 1 heterocycles. The van der Waals surface area contributed by atoms with E-state index >= 15 is 0 Å². The molecular weight excluding hydrogens is 474 g/mol. The molecule has 2 amide bonds. The predicted octanol–water partition coefficient (Wildman–Crippen LogP) is 4.43. The monoisotopic (exact) mass is 481 g/mol. The van der Waals surface area contributed by atoms with E-state index in [0.717, 1.165) is 22.6 Å². The van der Waals surface area contributed by atoms with E-state index in [1.54, 1.807) is 0 Å². The van der Waals surface area contributed by atoms with Gasteiger partial charge >= 0.3 is 18.0 Å². The highest BCUT2D eigenvalue weighted by atomic mass is 127. The Morgan fingerprint density at radius 3 is 1.68 bits per heavy atom. The summed E-state index contributed by atoms with van der Waals surface area (Å²) in [7, 11) is 0. The lowest BCUT2D eigenvalue weighted by molar-refractivity contribution is -0.322. The first kappa shape index (κ1) is 19.7. The van der Waals surface area contributed by atoms with Crippen molar-refractivity contribution in [2.75, 3.05) is 6.54 Å². The smallest absolute Gasteiger partial charge is 0.269 e. The maximum Gasteiger partial charge on any atom is 0.435 e. The second kappa shape index (κ2) is 6.25. The number of carbonyl (C=O) groups is 2. The number of allylic oxidation sites excluding steroid dienone is 1. The fourth-order valence-corrected chi connectivity index (χ4v) is 2.89. The van der Waals surface area contributed by atoms with Crippen LogP contribution in [0.2, 0.25) is 0 Å². The molecule has 2 rings (SSSR count). The van der Waals surface area contributed by atoms with E-state index in [4.69, 9.17) is 0 Å². The first-order valence-electron chi connectivity index (χ1n) is 6.44. The minimum absolute atomic E-state index is 0.0325. The molecule has 1 aromatic rings. The summed E-state index contributed by atoms with van der Waals surface area (Å²) in [5.74, 6) is -1.77. The van der Waals surface area contributed by atoms with Crippen molar-refractivity contribution in [1.29, 1.82) is 0 Å². The van der Waals surface area contributed by atoms with Gasteiger partial charge in [0.05, 0.1) is 17.7 Å². The summed E-state index contributed by atoms with van der Waals surface area (Å²) in [4.78, 5) is 24.5. The Hall–Kier alpha value is -1.66. The van der Waals surface area contributed by atoms with E-state index in [0.29, 0.717) is 4.90 Å². The van der Waals surface area contributed by atoms with Crippen LogP contribution in [0.3, 0.4) is 0 Å². The van der Waals surface area contributed by atoms with E-state index in [9.17, 15) is 40.3 Å². The maximum atomic E-state index is 13.7. The third-order valence-electron chi connectivity index (χ3n) is 3.37. The van der Waals surface area contributed by atoms with Crippen LogP contribution in [0.1, 0.15) is 20.7 Å². The summed E-state index contributed by atoms with van der Waals surface area (Å²) in [6.07, 6.45) is -13.2. The molecule has 0 saturated carbocycles. The molecule has 1 aliphatic rings. The molecule has 1 aromatic carbocycles. The summed E-state index contributed by atoms with van der Waals surface area (Å²) in [5, 5.41) is 0. The largest absolute Gasteiger partial charge is 0.435 e. The van der Waals surface area contributed by atoms with Gasteiger partial charge in [0.1, 0.15) is 0 Å². The van der Waals surface area contributed by atoms with Gasteiger partial charge in [-0.05, 0) is 40.8 Å². The van der Waals surface area contributed by atoms with Gasteiger partial charge in [-0.1, -0.05) is 12.1 Å². The van der Waals surface area contributed by atoms with Gasteiger partial charge < -0.3 is 0 Å². The lowest BCUT2D eigenvalue weighted by Crippen LogP contribution is -2.52. The van der Waals surface area contributed by atoms with Crippen LogP contribution in [0.5, 0.6) is 0 Å². The average Bonchev–Trinajstić information content (AvgIpc) is 2.70. The second-order valence-electron chi connectivity index (χ2n) is 5.04. The Bertz CT molecular complexity index is 705. The standard InChI is InChI=1S/C14H7F7INO2/c15-12(13(16,17)18,14(19,20)21)5-7(22)6-23-10(24)8-3-1-2-4-9(8)11(23)25/h1-5H,6H2. The number of rotatable bonds is 3. The number of amides is 2. The van der Waals surface area contributed by atoms with Crippen LogP contribution in [0.25, 0.3) is 0 Å². The minimum atomic E-state index is -6.25. The SMILES string of the molecule is O=C1c2ccccc2C(=O)N1CC(I)=CC(F)(C(F)(F)F)C(F)(F)F. The van der Waals surface area contributed by atoms with Crippen molar-refractivity contribution in [3.8, 4) is 0 Å². The number of hydrogen-bond donors (Lipinski definition) is 0. The molecule has 0 radical (unpaired) electrons. The van der Waals surface area contributed by atoms with Crippen LogP contribution in [0.4, 0.5) is 30.7 Å². The van der Waals surface area contributed by atoms with Crippen molar-refractivity contribution in [3.63, 3.8) is 0 Å². The van der Waals surface area contributed by atoms with Crippen LogP contribution in [-0.4, -0.2) is 41.3 Å². The van der Waals surface area contributed by atoms with Crippen molar-refractivity contribution in [1.82, 2.24) is 4.90 Å². The van der Waals surface area contributed by atoms with Gasteiger partial charge in [0.15, 0.2) is 0 Å². The topological polar surface area (TPSA) is 37.4 Å². The fraction of sp³-hybridized carbons (Fsp3) is 0.286. The Balaban J connectivity index is 2.34.